The number of pyridine rings is 1. The maximum Gasteiger partial charge on any atom is 0.153 e. The average Bonchev–Trinajstić information content (AvgIpc) is 2.91. The van der Waals surface area contributed by atoms with Crippen molar-refractivity contribution in [3.8, 4) is 28.7 Å². The van der Waals surface area contributed by atoms with E-state index in [1.165, 1.54) is 12.1 Å². The Labute approximate surface area is 124 Å². The molecule has 0 aliphatic rings. The highest BCUT2D eigenvalue weighted by Crippen LogP contribution is 2.36. The molecular formula is C17H11NO4. The van der Waals surface area contributed by atoms with Crippen LogP contribution < -0.4 is 0 Å². The fourth-order valence-corrected chi connectivity index (χ4v) is 2.50. The van der Waals surface area contributed by atoms with Gasteiger partial charge in [-0.15, -0.1) is 0 Å². The lowest BCUT2D eigenvalue weighted by Crippen LogP contribution is -1.84. The quantitative estimate of drug-likeness (QED) is 0.497. The van der Waals surface area contributed by atoms with Gasteiger partial charge in [-0.3, -0.25) is 0 Å². The fraction of sp³-hybridized carbons (Fsp3) is 0. The first-order valence-electron chi connectivity index (χ1n) is 6.66. The number of fused-ring (bicyclic) bond motifs is 2. The van der Waals surface area contributed by atoms with Gasteiger partial charge in [-0.2, -0.15) is 0 Å². The molecule has 0 atom stereocenters. The Hall–Kier alpha value is -3.21. The van der Waals surface area contributed by atoms with E-state index in [-0.39, 0.29) is 17.2 Å². The van der Waals surface area contributed by atoms with Crippen molar-refractivity contribution in [2.24, 2.45) is 0 Å². The van der Waals surface area contributed by atoms with Crippen molar-refractivity contribution in [3.63, 3.8) is 0 Å². The summed E-state index contributed by atoms with van der Waals surface area (Å²) >= 11 is 0. The normalized spacial score (nSPS) is 11.3. The standard InChI is InChI=1S/C17H11NO4/c19-10-6-14(21)11-8-16(22-15(11)7-10)12-5-4-9-2-1-3-13(20)17(9)18-12/h1-8,19-21H. The van der Waals surface area contributed by atoms with E-state index >= 15 is 0 Å². The molecule has 0 saturated carbocycles. The number of para-hydroxylation sites is 1. The van der Waals surface area contributed by atoms with E-state index in [4.69, 9.17) is 4.42 Å². The topological polar surface area (TPSA) is 86.7 Å². The number of aromatic hydroxyl groups is 3. The molecule has 0 fully saturated rings. The van der Waals surface area contributed by atoms with Crippen LogP contribution in [0.4, 0.5) is 0 Å². The Bertz CT molecular complexity index is 1020. The second kappa shape index (κ2) is 4.39. The van der Waals surface area contributed by atoms with E-state index in [0.29, 0.717) is 27.9 Å². The zero-order valence-electron chi connectivity index (χ0n) is 11.3. The molecule has 5 heteroatoms. The van der Waals surface area contributed by atoms with Gasteiger partial charge in [0.15, 0.2) is 5.76 Å². The number of benzene rings is 2. The first-order chi connectivity index (χ1) is 10.6. The van der Waals surface area contributed by atoms with Gasteiger partial charge >= 0.3 is 0 Å². The fourth-order valence-electron chi connectivity index (χ4n) is 2.50. The summed E-state index contributed by atoms with van der Waals surface area (Å²) in [5.41, 5.74) is 1.38. The highest BCUT2D eigenvalue weighted by molar-refractivity contribution is 5.90. The van der Waals surface area contributed by atoms with Crippen molar-refractivity contribution in [3.05, 3.63) is 48.5 Å². The molecule has 0 bridgehead atoms. The van der Waals surface area contributed by atoms with E-state index in [0.717, 1.165) is 5.39 Å². The van der Waals surface area contributed by atoms with Crippen molar-refractivity contribution in [1.82, 2.24) is 4.98 Å². The summed E-state index contributed by atoms with van der Waals surface area (Å²) in [7, 11) is 0. The number of rotatable bonds is 1. The summed E-state index contributed by atoms with van der Waals surface area (Å²) in [5.74, 6) is 0.403. The molecule has 0 radical (unpaired) electrons. The van der Waals surface area contributed by atoms with Crippen LogP contribution in [0.15, 0.2) is 52.9 Å². The van der Waals surface area contributed by atoms with Crippen LogP contribution in [0, 0.1) is 0 Å². The number of furan rings is 1. The molecule has 2 heterocycles. The summed E-state index contributed by atoms with van der Waals surface area (Å²) in [4.78, 5) is 4.40. The van der Waals surface area contributed by atoms with Gasteiger partial charge in [0, 0.05) is 17.5 Å². The Morgan fingerprint density at radius 1 is 0.864 bits per heavy atom. The van der Waals surface area contributed by atoms with Crippen molar-refractivity contribution < 1.29 is 19.7 Å². The first kappa shape index (κ1) is 12.5. The summed E-state index contributed by atoms with van der Waals surface area (Å²) in [6.07, 6.45) is 0. The lowest BCUT2D eigenvalue weighted by atomic mass is 10.1. The lowest BCUT2D eigenvalue weighted by Gasteiger charge is -2.02. The Morgan fingerprint density at radius 3 is 2.59 bits per heavy atom. The Morgan fingerprint density at radius 2 is 1.73 bits per heavy atom. The van der Waals surface area contributed by atoms with Gasteiger partial charge in [0.05, 0.1) is 5.39 Å². The number of hydrogen-bond acceptors (Lipinski definition) is 5. The Balaban J connectivity index is 1.95. The maximum absolute atomic E-state index is 9.90. The molecule has 22 heavy (non-hydrogen) atoms. The monoisotopic (exact) mass is 293 g/mol. The lowest BCUT2D eigenvalue weighted by molar-refractivity contribution is 0.453. The van der Waals surface area contributed by atoms with Crippen LogP contribution in [0.1, 0.15) is 0 Å². The van der Waals surface area contributed by atoms with Crippen LogP contribution in [0.3, 0.4) is 0 Å². The molecule has 0 amide bonds. The SMILES string of the molecule is Oc1cc(O)c2cc(-c3ccc4cccc(O)c4n3)oc2c1. The van der Waals surface area contributed by atoms with Crippen LogP contribution in [-0.4, -0.2) is 20.3 Å². The van der Waals surface area contributed by atoms with Gasteiger partial charge in [-0.05, 0) is 18.2 Å². The molecule has 0 unspecified atom stereocenters. The second-order valence-electron chi connectivity index (χ2n) is 5.03. The van der Waals surface area contributed by atoms with Gasteiger partial charge in [-0.25, -0.2) is 4.98 Å². The Kier molecular flexibility index (Phi) is 2.50. The molecule has 0 spiro atoms. The summed E-state index contributed by atoms with van der Waals surface area (Å²) < 4.78 is 5.64. The van der Waals surface area contributed by atoms with Gasteiger partial charge < -0.3 is 19.7 Å². The van der Waals surface area contributed by atoms with Crippen molar-refractivity contribution >= 4 is 21.9 Å². The second-order valence-corrected chi connectivity index (χ2v) is 5.03. The maximum atomic E-state index is 9.90. The predicted octanol–water partition coefficient (Wildman–Crippen LogP) is 3.76. The third-order valence-electron chi connectivity index (χ3n) is 3.55. The van der Waals surface area contributed by atoms with E-state index in [1.807, 2.05) is 12.1 Å². The van der Waals surface area contributed by atoms with Crippen LogP contribution >= 0.6 is 0 Å². The van der Waals surface area contributed by atoms with E-state index in [9.17, 15) is 15.3 Å². The molecule has 2 aromatic heterocycles. The van der Waals surface area contributed by atoms with E-state index in [2.05, 4.69) is 4.98 Å². The van der Waals surface area contributed by atoms with E-state index < -0.39 is 0 Å². The minimum absolute atomic E-state index is 0.0614. The molecule has 0 saturated heterocycles. The molecule has 5 nitrogen and oxygen atoms in total. The highest BCUT2D eigenvalue weighted by atomic mass is 16.3. The molecule has 3 N–H and O–H groups in total. The molecule has 0 aliphatic carbocycles. The van der Waals surface area contributed by atoms with Gasteiger partial charge in [0.1, 0.15) is 34.0 Å². The van der Waals surface area contributed by atoms with Crippen molar-refractivity contribution in [1.29, 1.82) is 0 Å². The molecular weight excluding hydrogens is 282 g/mol. The first-order valence-corrected chi connectivity index (χ1v) is 6.66. The molecule has 108 valence electrons. The smallest absolute Gasteiger partial charge is 0.153 e. The van der Waals surface area contributed by atoms with Crippen LogP contribution in [0.2, 0.25) is 0 Å². The van der Waals surface area contributed by atoms with Crippen LogP contribution in [0.25, 0.3) is 33.3 Å². The van der Waals surface area contributed by atoms with Gasteiger partial charge in [0.2, 0.25) is 0 Å². The van der Waals surface area contributed by atoms with E-state index in [1.54, 1.807) is 24.3 Å². The van der Waals surface area contributed by atoms with Crippen molar-refractivity contribution in [2.45, 2.75) is 0 Å². The molecule has 4 rings (SSSR count). The number of phenolic OH excluding ortho intramolecular Hbond substituents is 3. The third kappa shape index (κ3) is 1.83. The zero-order chi connectivity index (χ0) is 15.3. The minimum atomic E-state index is -0.0741. The third-order valence-corrected chi connectivity index (χ3v) is 3.55. The summed E-state index contributed by atoms with van der Waals surface area (Å²) in [5, 5.41) is 30.6. The minimum Gasteiger partial charge on any atom is -0.508 e. The zero-order valence-corrected chi connectivity index (χ0v) is 11.3. The van der Waals surface area contributed by atoms with Crippen LogP contribution in [0.5, 0.6) is 17.2 Å². The highest BCUT2D eigenvalue weighted by Gasteiger charge is 2.13. The van der Waals surface area contributed by atoms with Gasteiger partial charge in [0.25, 0.3) is 0 Å². The average molecular weight is 293 g/mol. The summed E-state index contributed by atoms with van der Waals surface area (Å²) in [6, 6.07) is 13.1. The number of nitrogens with zero attached hydrogens (tertiary/aromatic N) is 1. The van der Waals surface area contributed by atoms with Gasteiger partial charge in [-0.1, -0.05) is 18.2 Å². The molecule has 2 aromatic carbocycles. The number of phenols is 3. The molecule has 0 aliphatic heterocycles. The predicted molar refractivity (Wildman–Crippen MR) is 81.9 cm³/mol. The molecule has 4 aromatic rings. The van der Waals surface area contributed by atoms with Crippen molar-refractivity contribution in [2.75, 3.05) is 0 Å². The largest absolute Gasteiger partial charge is 0.508 e. The van der Waals surface area contributed by atoms with Crippen LogP contribution in [-0.2, 0) is 0 Å². The number of hydrogen-bond donors (Lipinski definition) is 3. The summed E-state index contributed by atoms with van der Waals surface area (Å²) in [6.45, 7) is 0. The number of aromatic nitrogens is 1.